The minimum Gasteiger partial charge on any atom is -0.258 e. The zero-order valence-corrected chi connectivity index (χ0v) is 11.0. The first kappa shape index (κ1) is 12.6. The maximum Gasteiger partial charge on any atom is 0.271 e. The van der Waals surface area contributed by atoms with Gasteiger partial charge in [-0.1, -0.05) is 0 Å². The van der Waals surface area contributed by atoms with Crippen molar-refractivity contribution in [2.24, 2.45) is 5.14 Å². The number of hydrogen-bond donors (Lipinski definition) is 1. The monoisotopic (exact) mass is 358 g/mol. The third kappa shape index (κ3) is 2.74. The van der Waals surface area contributed by atoms with E-state index in [0.717, 1.165) is 12.1 Å². The van der Waals surface area contributed by atoms with Gasteiger partial charge < -0.3 is 0 Å². The fraction of sp³-hybridized carbons (Fsp3) is 0. The Kier molecular flexibility index (Phi) is 3.48. The van der Waals surface area contributed by atoms with Crippen LogP contribution in [0.4, 0.5) is 5.69 Å². The number of sulfonamides is 1. The van der Waals surface area contributed by atoms with Crippen LogP contribution in [0.25, 0.3) is 0 Å². The molecule has 15 heavy (non-hydrogen) atoms. The minimum absolute atomic E-state index is 0.0473. The molecule has 0 aliphatic carbocycles. The molecule has 6 nitrogen and oxygen atoms in total. The number of non-ortho nitro benzene ring substituents is 1. The molecule has 0 unspecified atom stereocenters. The van der Waals surface area contributed by atoms with Crippen molar-refractivity contribution in [1.82, 2.24) is 0 Å². The van der Waals surface area contributed by atoms with Crippen LogP contribution in [0, 0.1) is 10.1 Å². The van der Waals surface area contributed by atoms with Crippen LogP contribution in [0.3, 0.4) is 0 Å². The first-order valence-corrected chi connectivity index (χ1v) is 6.53. The highest BCUT2D eigenvalue weighted by molar-refractivity contribution is 9.11. The van der Waals surface area contributed by atoms with Crippen LogP contribution in [0.15, 0.2) is 26.0 Å². The molecule has 1 rings (SSSR count). The number of nitrogens with zero attached hydrogens (tertiary/aromatic N) is 1. The first-order chi connectivity index (χ1) is 6.73. The van der Waals surface area contributed by atoms with Crippen molar-refractivity contribution in [3.05, 3.63) is 31.2 Å². The summed E-state index contributed by atoms with van der Waals surface area (Å²) < 4.78 is 22.3. The van der Waals surface area contributed by atoms with E-state index in [-0.39, 0.29) is 19.5 Å². The molecule has 0 atom stereocenters. The summed E-state index contributed by atoms with van der Waals surface area (Å²) in [5.41, 5.74) is -0.235. The SMILES string of the molecule is NS(=O)(=O)c1c(Br)cc([N+](=O)[O-])cc1Br. The lowest BCUT2D eigenvalue weighted by molar-refractivity contribution is -0.385. The fourth-order valence-corrected chi connectivity index (χ4v) is 4.10. The van der Waals surface area contributed by atoms with Crippen molar-refractivity contribution in [3.63, 3.8) is 0 Å². The summed E-state index contributed by atoms with van der Waals surface area (Å²) in [7, 11) is -3.92. The van der Waals surface area contributed by atoms with Gasteiger partial charge in [0, 0.05) is 21.1 Å². The third-order valence-electron chi connectivity index (χ3n) is 1.48. The number of benzene rings is 1. The van der Waals surface area contributed by atoms with E-state index >= 15 is 0 Å². The second kappa shape index (κ2) is 4.16. The van der Waals surface area contributed by atoms with Crippen molar-refractivity contribution in [2.45, 2.75) is 4.90 Å². The summed E-state index contributed by atoms with van der Waals surface area (Å²) in [6.45, 7) is 0. The lowest BCUT2D eigenvalue weighted by Gasteiger charge is -2.04. The Morgan fingerprint density at radius 2 is 1.67 bits per heavy atom. The van der Waals surface area contributed by atoms with E-state index in [9.17, 15) is 18.5 Å². The van der Waals surface area contributed by atoms with Crippen molar-refractivity contribution in [3.8, 4) is 0 Å². The number of rotatable bonds is 2. The minimum atomic E-state index is -3.92. The van der Waals surface area contributed by atoms with Gasteiger partial charge in [-0.05, 0) is 31.9 Å². The molecule has 0 radical (unpaired) electrons. The molecule has 0 aliphatic rings. The molecule has 0 fully saturated rings. The normalized spacial score (nSPS) is 11.4. The number of nitro groups is 1. The van der Waals surface area contributed by atoms with E-state index in [1.54, 1.807) is 0 Å². The van der Waals surface area contributed by atoms with E-state index < -0.39 is 14.9 Å². The van der Waals surface area contributed by atoms with Crippen molar-refractivity contribution in [2.75, 3.05) is 0 Å². The van der Waals surface area contributed by atoms with Gasteiger partial charge >= 0.3 is 0 Å². The molecule has 0 amide bonds. The predicted molar refractivity (Wildman–Crippen MR) is 59.9 cm³/mol. The maximum absolute atomic E-state index is 11.1. The second-order valence-electron chi connectivity index (χ2n) is 2.54. The van der Waals surface area contributed by atoms with E-state index in [1.807, 2.05) is 0 Å². The van der Waals surface area contributed by atoms with Gasteiger partial charge in [-0.3, -0.25) is 10.1 Å². The van der Waals surface area contributed by atoms with Gasteiger partial charge in [-0.2, -0.15) is 0 Å². The topological polar surface area (TPSA) is 103 Å². The number of nitro benzene ring substituents is 1. The lowest BCUT2D eigenvalue weighted by Crippen LogP contribution is -2.13. The summed E-state index contributed by atoms with van der Waals surface area (Å²) in [6, 6.07) is 2.15. The van der Waals surface area contributed by atoms with Crippen LogP contribution in [0.5, 0.6) is 0 Å². The first-order valence-electron chi connectivity index (χ1n) is 3.39. The molecule has 0 spiro atoms. The Labute approximate surface area is 102 Å². The molecular weight excluding hydrogens is 356 g/mol. The number of nitrogens with two attached hydrogens (primary N) is 1. The highest BCUT2D eigenvalue weighted by Crippen LogP contribution is 2.33. The molecule has 0 aliphatic heterocycles. The average molecular weight is 360 g/mol. The van der Waals surface area contributed by atoms with E-state index in [0.29, 0.717) is 0 Å². The average Bonchev–Trinajstić information content (AvgIpc) is 1.99. The Morgan fingerprint density at radius 1 is 1.27 bits per heavy atom. The Morgan fingerprint density at radius 3 is 1.93 bits per heavy atom. The Hall–Kier alpha value is -0.510. The van der Waals surface area contributed by atoms with Crippen molar-refractivity contribution in [1.29, 1.82) is 0 Å². The van der Waals surface area contributed by atoms with Gasteiger partial charge in [-0.25, -0.2) is 13.6 Å². The van der Waals surface area contributed by atoms with Crippen molar-refractivity contribution < 1.29 is 13.3 Å². The van der Waals surface area contributed by atoms with Crippen LogP contribution in [-0.4, -0.2) is 13.3 Å². The molecule has 82 valence electrons. The Balaban J connectivity index is 3.55. The maximum atomic E-state index is 11.1. The van der Waals surface area contributed by atoms with Gasteiger partial charge in [-0.15, -0.1) is 0 Å². The zero-order valence-electron chi connectivity index (χ0n) is 6.98. The number of halogens is 2. The molecule has 1 aromatic rings. The van der Waals surface area contributed by atoms with E-state index in [2.05, 4.69) is 31.9 Å². The summed E-state index contributed by atoms with van der Waals surface area (Å²) >= 11 is 5.82. The quantitative estimate of drug-likeness (QED) is 0.641. The van der Waals surface area contributed by atoms with E-state index in [1.165, 1.54) is 0 Å². The van der Waals surface area contributed by atoms with Crippen LogP contribution in [-0.2, 0) is 10.0 Å². The molecule has 0 aromatic heterocycles. The molecule has 0 saturated heterocycles. The highest BCUT2D eigenvalue weighted by atomic mass is 79.9. The van der Waals surface area contributed by atoms with E-state index in [4.69, 9.17) is 5.14 Å². The van der Waals surface area contributed by atoms with Crippen LogP contribution >= 0.6 is 31.9 Å². The highest BCUT2D eigenvalue weighted by Gasteiger charge is 2.21. The van der Waals surface area contributed by atoms with Gasteiger partial charge in [0.1, 0.15) is 4.90 Å². The fourth-order valence-electron chi connectivity index (χ4n) is 0.924. The standard InChI is InChI=1S/C6H4Br2N2O4S/c7-4-1-3(10(11)12)2-5(8)6(4)15(9,13)14/h1-2H,(H2,9,13,14). The third-order valence-corrected chi connectivity index (χ3v) is 4.26. The number of primary sulfonamides is 1. The van der Waals surface area contributed by atoms with Crippen LogP contribution < -0.4 is 5.14 Å². The molecule has 0 bridgehead atoms. The summed E-state index contributed by atoms with van der Waals surface area (Å²) in [5.74, 6) is 0. The second-order valence-corrected chi connectivity index (χ2v) is 5.75. The lowest BCUT2D eigenvalue weighted by atomic mass is 10.3. The largest absolute Gasteiger partial charge is 0.271 e. The molecule has 1 aromatic carbocycles. The van der Waals surface area contributed by atoms with Crippen LogP contribution in [0.2, 0.25) is 0 Å². The summed E-state index contributed by atoms with van der Waals surface area (Å²) in [6.07, 6.45) is 0. The molecule has 2 N–H and O–H groups in total. The Bertz CT molecular complexity index is 505. The van der Waals surface area contributed by atoms with Crippen molar-refractivity contribution >= 4 is 47.6 Å². The summed E-state index contributed by atoms with van der Waals surface area (Å²) in [5, 5.41) is 15.4. The van der Waals surface area contributed by atoms with Gasteiger partial charge in [0.15, 0.2) is 0 Å². The molecule has 0 heterocycles. The van der Waals surface area contributed by atoms with Crippen LogP contribution in [0.1, 0.15) is 0 Å². The van der Waals surface area contributed by atoms with Gasteiger partial charge in [0.2, 0.25) is 10.0 Å². The summed E-state index contributed by atoms with van der Waals surface area (Å²) in [4.78, 5) is 9.60. The zero-order chi connectivity index (χ0) is 11.8. The molecule has 9 heteroatoms. The predicted octanol–water partition coefficient (Wildman–Crippen LogP) is 1.77. The molecule has 0 saturated carbocycles. The number of hydrogen-bond acceptors (Lipinski definition) is 4. The van der Waals surface area contributed by atoms with Gasteiger partial charge in [0.25, 0.3) is 5.69 Å². The molecular formula is C6H4Br2N2O4S. The van der Waals surface area contributed by atoms with Gasteiger partial charge in [0.05, 0.1) is 4.92 Å². The smallest absolute Gasteiger partial charge is 0.258 e.